The summed E-state index contributed by atoms with van der Waals surface area (Å²) in [7, 11) is 0. The maximum Gasteiger partial charge on any atom is 0.416 e. The van der Waals surface area contributed by atoms with Gasteiger partial charge in [-0.05, 0) is 65.3 Å². The standard InChI is InChI=1S/C26H34N6O6/c1-25(2,3)37-23(35)27-11-13-31(24(36)38-26(4,5)6)20-10-12-32-22(30-20)19(15-29-32)17-8-7-9-18(14-17)28-16-21(33)34/h7-10,12,14-15,28H,11,13,16H2,1-6H3,(H,27,35)(H,33,34). The van der Waals surface area contributed by atoms with E-state index in [0.29, 0.717) is 22.7 Å². The zero-order valence-electron chi connectivity index (χ0n) is 22.4. The van der Waals surface area contributed by atoms with Gasteiger partial charge in [-0.15, -0.1) is 0 Å². The number of ether oxygens (including phenoxy) is 2. The minimum atomic E-state index is -0.971. The smallest absolute Gasteiger partial charge is 0.416 e. The van der Waals surface area contributed by atoms with Crippen LogP contribution in [0.4, 0.5) is 21.1 Å². The fourth-order valence-corrected chi connectivity index (χ4v) is 3.39. The van der Waals surface area contributed by atoms with Crippen LogP contribution in [0.3, 0.4) is 0 Å². The maximum absolute atomic E-state index is 13.1. The van der Waals surface area contributed by atoms with Gasteiger partial charge in [0.1, 0.15) is 23.6 Å². The van der Waals surface area contributed by atoms with Crippen molar-refractivity contribution in [2.75, 3.05) is 29.9 Å². The second-order valence-electron chi connectivity index (χ2n) is 10.5. The summed E-state index contributed by atoms with van der Waals surface area (Å²) in [5.74, 6) is -0.666. The maximum atomic E-state index is 13.1. The molecule has 2 amide bonds. The number of nitrogens with zero attached hydrogens (tertiary/aromatic N) is 4. The van der Waals surface area contributed by atoms with E-state index in [1.165, 1.54) is 4.90 Å². The third-order valence-corrected chi connectivity index (χ3v) is 4.87. The third kappa shape index (κ3) is 8.08. The molecule has 0 bridgehead atoms. The lowest BCUT2D eigenvalue weighted by atomic mass is 10.1. The number of carboxylic acids is 1. The molecular weight excluding hydrogens is 492 g/mol. The Hall–Kier alpha value is -4.35. The fraction of sp³-hybridized carbons (Fsp3) is 0.423. The molecule has 0 aliphatic rings. The Morgan fingerprint density at radius 3 is 2.42 bits per heavy atom. The summed E-state index contributed by atoms with van der Waals surface area (Å²) in [5, 5.41) is 18.8. The van der Waals surface area contributed by atoms with Crippen LogP contribution in [0.15, 0.2) is 42.7 Å². The minimum absolute atomic E-state index is 0.0788. The van der Waals surface area contributed by atoms with Crippen LogP contribution >= 0.6 is 0 Å². The number of fused-ring (bicyclic) bond motifs is 1. The van der Waals surface area contributed by atoms with E-state index in [0.717, 1.165) is 5.56 Å². The molecule has 0 spiro atoms. The van der Waals surface area contributed by atoms with E-state index < -0.39 is 29.4 Å². The largest absolute Gasteiger partial charge is 0.480 e. The van der Waals surface area contributed by atoms with Crippen LogP contribution in [-0.2, 0) is 14.3 Å². The van der Waals surface area contributed by atoms with Crippen molar-refractivity contribution in [1.82, 2.24) is 19.9 Å². The summed E-state index contributed by atoms with van der Waals surface area (Å²) in [5.41, 5.74) is 1.15. The fourth-order valence-electron chi connectivity index (χ4n) is 3.39. The Balaban J connectivity index is 1.90. The highest BCUT2D eigenvalue weighted by atomic mass is 16.6. The van der Waals surface area contributed by atoms with Gasteiger partial charge in [-0.1, -0.05) is 12.1 Å². The lowest BCUT2D eigenvalue weighted by Gasteiger charge is -2.27. The van der Waals surface area contributed by atoms with Crippen molar-refractivity contribution < 1.29 is 29.0 Å². The number of carboxylic acid groups (broad SMARTS) is 1. The van der Waals surface area contributed by atoms with Crippen molar-refractivity contribution in [2.45, 2.75) is 52.7 Å². The van der Waals surface area contributed by atoms with E-state index in [9.17, 15) is 14.4 Å². The number of hydrogen-bond donors (Lipinski definition) is 3. The molecule has 0 atom stereocenters. The molecule has 3 rings (SSSR count). The average molecular weight is 527 g/mol. The zero-order chi connectivity index (χ0) is 28.1. The Morgan fingerprint density at radius 2 is 1.76 bits per heavy atom. The minimum Gasteiger partial charge on any atom is -0.480 e. The first-order valence-corrected chi connectivity index (χ1v) is 12.1. The van der Waals surface area contributed by atoms with Crippen molar-refractivity contribution in [3.8, 4) is 11.1 Å². The van der Waals surface area contributed by atoms with Crippen molar-refractivity contribution in [1.29, 1.82) is 0 Å². The molecule has 3 aromatic rings. The first kappa shape index (κ1) is 28.2. The number of anilines is 2. The molecule has 0 saturated carbocycles. The number of carbonyl (C=O) groups is 3. The Labute approximate surface area is 220 Å². The highest BCUT2D eigenvalue weighted by Gasteiger charge is 2.25. The van der Waals surface area contributed by atoms with Gasteiger partial charge in [-0.25, -0.2) is 19.1 Å². The van der Waals surface area contributed by atoms with E-state index in [1.807, 2.05) is 6.07 Å². The molecule has 3 N–H and O–H groups in total. The van der Waals surface area contributed by atoms with Gasteiger partial charge in [-0.2, -0.15) is 5.10 Å². The molecule has 2 heterocycles. The molecule has 38 heavy (non-hydrogen) atoms. The van der Waals surface area contributed by atoms with Crippen molar-refractivity contribution in [3.63, 3.8) is 0 Å². The highest BCUT2D eigenvalue weighted by molar-refractivity contribution is 5.88. The van der Waals surface area contributed by atoms with Gasteiger partial charge in [0.15, 0.2) is 5.65 Å². The Bertz CT molecular complexity index is 1310. The number of amides is 2. The zero-order valence-corrected chi connectivity index (χ0v) is 22.4. The molecule has 0 aliphatic carbocycles. The molecule has 12 heteroatoms. The van der Waals surface area contributed by atoms with E-state index in [1.54, 1.807) is 82.7 Å². The number of carbonyl (C=O) groups excluding carboxylic acids is 2. The third-order valence-electron chi connectivity index (χ3n) is 4.87. The summed E-state index contributed by atoms with van der Waals surface area (Å²) in [4.78, 5) is 42.1. The summed E-state index contributed by atoms with van der Waals surface area (Å²) in [6, 6.07) is 8.84. The number of aliphatic carboxylic acids is 1. The second kappa shape index (κ2) is 11.4. The van der Waals surface area contributed by atoms with Crippen LogP contribution in [-0.4, -0.2) is 68.7 Å². The lowest BCUT2D eigenvalue weighted by molar-refractivity contribution is -0.134. The summed E-state index contributed by atoms with van der Waals surface area (Å²) in [6.07, 6.45) is 2.09. The first-order chi connectivity index (χ1) is 17.7. The number of alkyl carbamates (subject to hydrolysis) is 1. The molecule has 1 aromatic carbocycles. The Kier molecular flexibility index (Phi) is 8.44. The van der Waals surface area contributed by atoms with E-state index in [4.69, 9.17) is 19.6 Å². The van der Waals surface area contributed by atoms with Crippen LogP contribution < -0.4 is 15.5 Å². The van der Waals surface area contributed by atoms with Crippen LogP contribution in [0.1, 0.15) is 41.5 Å². The molecule has 0 aliphatic heterocycles. The van der Waals surface area contributed by atoms with Gasteiger partial charge < -0.3 is 25.2 Å². The van der Waals surface area contributed by atoms with Gasteiger partial charge in [0, 0.05) is 30.5 Å². The van der Waals surface area contributed by atoms with Crippen LogP contribution in [0, 0.1) is 0 Å². The van der Waals surface area contributed by atoms with Crippen LogP contribution in [0.5, 0.6) is 0 Å². The van der Waals surface area contributed by atoms with E-state index >= 15 is 0 Å². The topological polar surface area (TPSA) is 147 Å². The van der Waals surface area contributed by atoms with Crippen LogP contribution in [0.2, 0.25) is 0 Å². The molecule has 0 fully saturated rings. The molecule has 0 radical (unpaired) electrons. The lowest BCUT2D eigenvalue weighted by Crippen LogP contribution is -2.43. The number of benzene rings is 1. The molecule has 12 nitrogen and oxygen atoms in total. The van der Waals surface area contributed by atoms with Crippen molar-refractivity contribution in [2.24, 2.45) is 0 Å². The van der Waals surface area contributed by atoms with Gasteiger partial charge in [0.2, 0.25) is 0 Å². The quantitative estimate of drug-likeness (QED) is 0.393. The SMILES string of the molecule is CC(C)(C)OC(=O)NCCN(C(=O)OC(C)(C)C)c1ccn2ncc(-c3cccc(NCC(=O)O)c3)c2n1. The van der Waals surface area contributed by atoms with Crippen LogP contribution in [0.25, 0.3) is 16.8 Å². The average Bonchev–Trinajstić information content (AvgIpc) is 3.21. The normalized spacial score (nSPS) is 11.6. The number of hydrogen-bond acceptors (Lipinski definition) is 8. The number of nitrogens with one attached hydrogen (secondary N) is 2. The van der Waals surface area contributed by atoms with Gasteiger partial charge in [-0.3, -0.25) is 9.69 Å². The number of rotatable bonds is 8. The predicted molar refractivity (Wildman–Crippen MR) is 142 cm³/mol. The van der Waals surface area contributed by atoms with E-state index in [2.05, 4.69) is 15.7 Å². The molecular formula is C26H34N6O6. The first-order valence-electron chi connectivity index (χ1n) is 12.1. The van der Waals surface area contributed by atoms with E-state index in [-0.39, 0.29) is 19.6 Å². The number of aromatic nitrogens is 3. The predicted octanol–water partition coefficient (Wildman–Crippen LogP) is 4.16. The molecule has 0 unspecified atom stereocenters. The monoisotopic (exact) mass is 526 g/mol. The van der Waals surface area contributed by atoms with Crippen molar-refractivity contribution in [3.05, 3.63) is 42.7 Å². The second-order valence-corrected chi connectivity index (χ2v) is 10.5. The molecule has 0 saturated heterocycles. The van der Waals surface area contributed by atoms with Crippen molar-refractivity contribution >= 4 is 35.3 Å². The van der Waals surface area contributed by atoms with Gasteiger partial charge in [0.05, 0.1) is 6.20 Å². The van der Waals surface area contributed by atoms with Gasteiger partial charge >= 0.3 is 18.2 Å². The Morgan fingerprint density at radius 1 is 1.05 bits per heavy atom. The molecule has 204 valence electrons. The molecule has 2 aromatic heterocycles. The highest BCUT2D eigenvalue weighted by Crippen LogP contribution is 2.27. The summed E-state index contributed by atoms with van der Waals surface area (Å²) >= 11 is 0. The van der Waals surface area contributed by atoms with Gasteiger partial charge in [0.25, 0.3) is 0 Å². The summed E-state index contributed by atoms with van der Waals surface area (Å²) in [6.45, 7) is 10.5. The summed E-state index contributed by atoms with van der Waals surface area (Å²) < 4.78 is 12.4.